The number of ether oxygens (including phenoxy) is 2. The van der Waals surface area contributed by atoms with Crippen LogP contribution in [0.25, 0.3) is 0 Å². The Morgan fingerprint density at radius 2 is 1.67 bits per heavy atom. The Hall–Kier alpha value is -5.18. The minimum atomic E-state index is -0.486. The van der Waals surface area contributed by atoms with E-state index in [1.54, 1.807) is 60.8 Å². The number of nitrogens with two attached hydrogens (primary N) is 1. The third kappa shape index (κ3) is 8.41. The molecule has 3 aromatic carbocycles. The lowest BCUT2D eigenvalue weighted by molar-refractivity contribution is -0.134. The van der Waals surface area contributed by atoms with Gasteiger partial charge in [-0.2, -0.15) is 0 Å². The largest absolute Gasteiger partial charge is 0.487 e. The summed E-state index contributed by atoms with van der Waals surface area (Å²) >= 11 is 0. The van der Waals surface area contributed by atoms with E-state index in [0.717, 1.165) is 11.3 Å². The molecule has 4 N–H and O–H groups in total. The maximum absolute atomic E-state index is 13.7. The highest BCUT2D eigenvalue weighted by atomic mass is 16.6. The van der Waals surface area contributed by atoms with Crippen LogP contribution in [0.4, 0.5) is 11.5 Å². The molecule has 1 amide bonds. The first-order valence-corrected chi connectivity index (χ1v) is 13.8. The molecule has 0 saturated carbocycles. The van der Waals surface area contributed by atoms with Gasteiger partial charge >= 0.3 is 5.97 Å². The molecule has 1 aromatic heterocycles. The average Bonchev–Trinajstić information content (AvgIpc) is 2.99. The quantitative estimate of drug-likeness (QED) is 0.0850. The van der Waals surface area contributed by atoms with Crippen LogP contribution in [0.15, 0.2) is 97.2 Å². The number of aromatic nitrogens is 1. The van der Waals surface area contributed by atoms with Gasteiger partial charge in [0.2, 0.25) is 0 Å². The van der Waals surface area contributed by atoms with Gasteiger partial charge < -0.3 is 20.5 Å². The number of carbonyl (C=O) groups excluding carboxylic acids is 2. The summed E-state index contributed by atoms with van der Waals surface area (Å²) < 4.78 is 11.3. The zero-order valence-corrected chi connectivity index (χ0v) is 23.7. The number of nitrogens with one attached hydrogen (secondary N) is 2. The highest BCUT2D eigenvalue weighted by Gasteiger charge is 2.21. The molecule has 0 aliphatic carbocycles. The number of para-hydroxylation sites is 2. The van der Waals surface area contributed by atoms with Crippen LogP contribution in [-0.2, 0) is 11.2 Å². The summed E-state index contributed by atoms with van der Waals surface area (Å²) in [6.07, 6.45) is 2.18. The Kier molecular flexibility index (Phi) is 10.3. The Morgan fingerprint density at radius 1 is 0.929 bits per heavy atom. The Labute approximate surface area is 245 Å². The second-order valence-corrected chi connectivity index (χ2v) is 9.85. The number of nitrogen functional groups attached to an aromatic ring is 1. The molecule has 0 unspecified atom stereocenters. The highest BCUT2D eigenvalue weighted by molar-refractivity contribution is 6.06. The number of amidine groups is 1. The average molecular weight is 566 g/mol. The zero-order valence-electron chi connectivity index (χ0n) is 23.7. The molecule has 9 nitrogen and oxygen atoms in total. The van der Waals surface area contributed by atoms with Gasteiger partial charge in [-0.05, 0) is 86.5 Å². The van der Waals surface area contributed by atoms with Gasteiger partial charge in [0.15, 0.2) is 11.5 Å². The van der Waals surface area contributed by atoms with Crippen molar-refractivity contribution in [2.24, 2.45) is 5.73 Å². The van der Waals surface area contributed by atoms with Crippen molar-refractivity contribution in [3.05, 3.63) is 114 Å². The lowest BCUT2D eigenvalue weighted by Crippen LogP contribution is -2.34. The van der Waals surface area contributed by atoms with Gasteiger partial charge in [0.1, 0.15) is 11.7 Å². The number of hydrogen-bond donors (Lipinski definition) is 3. The van der Waals surface area contributed by atoms with Gasteiger partial charge in [-0.3, -0.25) is 19.9 Å². The van der Waals surface area contributed by atoms with Gasteiger partial charge in [-0.25, -0.2) is 4.98 Å². The van der Waals surface area contributed by atoms with E-state index in [1.807, 2.05) is 50.2 Å². The number of nitrogens with zero attached hydrogens (tertiary/aromatic N) is 2. The Bertz CT molecular complexity index is 1510. The molecule has 216 valence electrons. The molecule has 0 radical (unpaired) electrons. The van der Waals surface area contributed by atoms with E-state index in [9.17, 15) is 9.59 Å². The van der Waals surface area contributed by atoms with Crippen molar-refractivity contribution in [1.82, 2.24) is 4.98 Å². The molecular formula is C33H35N5O4. The van der Waals surface area contributed by atoms with Crippen molar-refractivity contribution >= 4 is 29.2 Å². The first-order valence-electron chi connectivity index (χ1n) is 13.8. The van der Waals surface area contributed by atoms with Crippen molar-refractivity contribution < 1.29 is 19.1 Å². The second kappa shape index (κ2) is 14.5. The SMILES string of the molecule is CC(C)Oc1ccccc1OC(=O)CCN(C(=O)c1cccc(CCNc2ccc(C(=N)N)cc2)c1)c1ccccn1. The van der Waals surface area contributed by atoms with Gasteiger partial charge in [0.25, 0.3) is 5.91 Å². The Balaban J connectivity index is 1.41. The molecule has 0 saturated heterocycles. The fourth-order valence-electron chi connectivity index (χ4n) is 4.23. The first-order chi connectivity index (χ1) is 20.3. The molecule has 4 rings (SSSR count). The number of rotatable bonds is 13. The minimum absolute atomic E-state index is 0.0289. The summed E-state index contributed by atoms with van der Waals surface area (Å²) in [5.41, 5.74) is 8.58. The third-order valence-electron chi connectivity index (χ3n) is 6.26. The molecule has 0 atom stereocenters. The van der Waals surface area contributed by atoms with Crippen LogP contribution < -0.4 is 25.4 Å². The number of hydrogen-bond acceptors (Lipinski definition) is 7. The standard InChI is InChI=1S/C33H35N5O4/c1-23(2)41-28-10-3-4-11-29(28)42-31(39)18-21-38(30-12-5-6-19-37-30)33(40)26-9-7-8-24(22-26)17-20-36-27-15-13-25(14-16-27)32(34)35/h3-16,19,22-23,36H,17-18,20-21H2,1-2H3,(H3,34,35). The van der Waals surface area contributed by atoms with Crippen molar-refractivity contribution in [1.29, 1.82) is 5.41 Å². The van der Waals surface area contributed by atoms with E-state index in [4.69, 9.17) is 20.6 Å². The molecule has 9 heteroatoms. The maximum Gasteiger partial charge on any atom is 0.313 e. The van der Waals surface area contributed by atoms with Gasteiger partial charge in [-0.15, -0.1) is 0 Å². The summed E-state index contributed by atoms with van der Waals surface area (Å²) in [5, 5.41) is 10.9. The van der Waals surface area contributed by atoms with Crippen LogP contribution in [0.3, 0.4) is 0 Å². The van der Waals surface area contributed by atoms with E-state index in [0.29, 0.717) is 41.4 Å². The number of benzene rings is 3. The van der Waals surface area contributed by atoms with E-state index >= 15 is 0 Å². The number of anilines is 2. The molecule has 0 aliphatic rings. The summed E-state index contributed by atoms with van der Waals surface area (Å²) in [6, 6.07) is 27.1. The molecule has 42 heavy (non-hydrogen) atoms. The van der Waals surface area contributed by atoms with Crippen molar-refractivity contribution in [3.63, 3.8) is 0 Å². The lowest BCUT2D eigenvalue weighted by Gasteiger charge is -2.22. The fourth-order valence-corrected chi connectivity index (χ4v) is 4.23. The molecule has 0 spiro atoms. The third-order valence-corrected chi connectivity index (χ3v) is 6.26. The van der Waals surface area contributed by atoms with Gasteiger partial charge in [-0.1, -0.05) is 30.3 Å². The van der Waals surface area contributed by atoms with Crippen molar-refractivity contribution in [2.45, 2.75) is 32.8 Å². The van der Waals surface area contributed by atoms with Gasteiger partial charge in [0, 0.05) is 36.1 Å². The smallest absolute Gasteiger partial charge is 0.313 e. The van der Waals surface area contributed by atoms with Crippen LogP contribution in [0.1, 0.15) is 41.8 Å². The summed E-state index contributed by atoms with van der Waals surface area (Å²) in [4.78, 5) is 32.4. The Morgan fingerprint density at radius 3 is 2.36 bits per heavy atom. The lowest BCUT2D eigenvalue weighted by atomic mass is 10.1. The molecule has 0 fully saturated rings. The predicted octanol–water partition coefficient (Wildman–Crippen LogP) is 5.45. The van der Waals surface area contributed by atoms with E-state index in [-0.39, 0.29) is 30.8 Å². The van der Waals surface area contributed by atoms with Crippen molar-refractivity contribution in [2.75, 3.05) is 23.3 Å². The van der Waals surface area contributed by atoms with Crippen LogP contribution in [0, 0.1) is 5.41 Å². The molecule has 0 bridgehead atoms. The van der Waals surface area contributed by atoms with Crippen LogP contribution in [-0.4, -0.2) is 41.9 Å². The number of carbonyl (C=O) groups is 2. The van der Waals surface area contributed by atoms with E-state index < -0.39 is 5.97 Å². The van der Waals surface area contributed by atoms with Gasteiger partial charge in [0.05, 0.1) is 12.5 Å². The summed E-state index contributed by atoms with van der Waals surface area (Å²) in [6.45, 7) is 4.53. The van der Waals surface area contributed by atoms with E-state index in [1.165, 1.54) is 4.90 Å². The maximum atomic E-state index is 13.7. The fraction of sp³-hybridized carbons (Fsp3) is 0.212. The van der Waals surface area contributed by atoms with Crippen molar-refractivity contribution in [3.8, 4) is 11.5 Å². The van der Waals surface area contributed by atoms with E-state index in [2.05, 4.69) is 10.3 Å². The minimum Gasteiger partial charge on any atom is -0.487 e. The molecular weight excluding hydrogens is 530 g/mol. The number of pyridine rings is 1. The van der Waals surface area contributed by atoms with Crippen LogP contribution in [0.5, 0.6) is 11.5 Å². The zero-order chi connectivity index (χ0) is 29.9. The summed E-state index contributed by atoms with van der Waals surface area (Å²) in [5.74, 6) is 0.543. The predicted molar refractivity (Wildman–Crippen MR) is 164 cm³/mol. The number of esters is 1. The molecule has 4 aromatic rings. The molecule has 1 heterocycles. The first kappa shape index (κ1) is 29.8. The topological polar surface area (TPSA) is 131 Å². The summed E-state index contributed by atoms with van der Waals surface area (Å²) in [7, 11) is 0. The highest BCUT2D eigenvalue weighted by Crippen LogP contribution is 2.28. The normalized spacial score (nSPS) is 10.6. The monoisotopic (exact) mass is 565 g/mol. The van der Waals surface area contributed by atoms with Crippen LogP contribution in [0.2, 0.25) is 0 Å². The van der Waals surface area contributed by atoms with Crippen LogP contribution >= 0.6 is 0 Å². The second-order valence-electron chi connectivity index (χ2n) is 9.85. The number of amides is 1. The molecule has 0 aliphatic heterocycles.